The van der Waals surface area contributed by atoms with Crippen molar-refractivity contribution in [3.8, 4) is 0 Å². The Bertz CT molecular complexity index is 823. The lowest BCUT2D eigenvalue weighted by Gasteiger charge is -2.18. The SMILES string of the molecule is O=C(CSc1ccc(Cl)cn1)NC(c1ccc(F)cc1)c1cccs1. The maximum atomic E-state index is 13.2. The molecule has 0 fully saturated rings. The Morgan fingerprint density at radius 3 is 2.68 bits per heavy atom. The summed E-state index contributed by atoms with van der Waals surface area (Å²) < 4.78 is 13.2. The van der Waals surface area contributed by atoms with Crippen LogP contribution in [0.25, 0.3) is 0 Å². The smallest absolute Gasteiger partial charge is 0.231 e. The number of hydrogen-bond donors (Lipinski definition) is 1. The third-order valence-electron chi connectivity index (χ3n) is 3.39. The van der Waals surface area contributed by atoms with Gasteiger partial charge in [-0.05, 0) is 41.3 Å². The van der Waals surface area contributed by atoms with Gasteiger partial charge in [0.25, 0.3) is 0 Å². The normalized spacial score (nSPS) is 11.9. The molecular formula is C18H14ClFN2OS2. The summed E-state index contributed by atoms with van der Waals surface area (Å²) in [6.45, 7) is 0. The average molecular weight is 393 g/mol. The minimum absolute atomic E-state index is 0.121. The Morgan fingerprint density at radius 1 is 1.24 bits per heavy atom. The fourth-order valence-electron chi connectivity index (χ4n) is 2.22. The average Bonchev–Trinajstić information content (AvgIpc) is 3.14. The van der Waals surface area contributed by atoms with Crippen LogP contribution >= 0.6 is 34.7 Å². The minimum Gasteiger partial charge on any atom is -0.344 e. The second kappa shape index (κ2) is 8.47. The quantitative estimate of drug-likeness (QED) is 0.604. The first-order valence-electron chi connectivity index (χ1n) is 7.44. The predicted molar refractivity (Wildman–Crippen MR) is 101 cm³/mol. The van der Waals surface area contributed by atoms with Crippen molar-refractivity contribution in [2.24, 2.45) is 0 Å². The van der Waals surface area contributed by atoms with Gasteiger partial charge in [-0.3, -0.25) is 4.79 Å². The molecule has 0 saturated carbocycles. The molecule has 128 valence electrons. The number of nitrogens with one attached hydrogen (secondary N) is 1. The van der Waals surface area contributed by atoms with E-state index in [1.54, 1.807) is 41.8 Å². The molecular weight excluding hydrogens is 379 g/mol. The van der Waals surface area contributed by atoms with Gasteiger partial charge in [0, 0.05) is 11.1 Å². The van der Waals surface area contributed by atoms with E-state index in [2.05, 4.69) is 10.3 Å². The predicted octanol–water partition coefficient (Wildman–Crippen LogP) is 4.93. The van der Waals surface area contributed by atoms with Gasteiger partial charge in [0.15, 0.2) is 0 Å². The van der Waals surface area contributed by atoms with Gasteiger partial charge in [0.1, 0.15) is 5.82 Å². The number of nitrogens with zero attached hydrogens (tertiary/aromatic N) is 1. The number of halogens is 2. The molecule has 0 aliphatic heterocycles. The van der Waals surface area contributed by atoms with Crippen molar-refractivity contribution in [3.63, 3.8) is 0 Å². The number of thioether (sulfide) groups is 1. The fraction of sp³-hybridized carbons (Fsp3) is 0.111. The first-order chi connectivity index (χ1) is 12.1. The number of benzene rings is 1. The van der Waals surface area contributed by atoms with Crippen molar-refractivity contribution >= 4 is 40.6 Å². The van der Waals surface area contributed by atoms with Crippen molar-refractivity contribution in [1.29, 1.82) is 0 Å². The van der Waals surface area contributed by atoms with Gasteiger partial charge < -0.3 is 5.32 Å². The van der Waals surface area contributed by atoms with Gasteiger partial charge in [-0.1, -0.05) is 41.6 Å². The molecule has 1 unspecified atom stereocenters. The molecule has 2 aromatic heterocycles. The number of carbonyl (C=O) groups excluding carboxylic acids is 1. The molecule has 0 aliphatic carbocycles. The van der Waals surface area contributed by atoms with Gasteiger partial charge >= 0.3 is 0 Å². The van der Waals surface area contributed by atoms with Crippen molar-refractivity contribution in [2.45, 2.75) is 11.1 Å². The van der Waals surface area contributed by atoms with Crippen molar-refractivity contribution < 1.29 is 9.18 Å². The molecule has 0 aliphatic rings. The van der Waals surface area contributed by atoms with Crippen molar-refractivity contribution in [1.82, 2.24) is 10.3 Å². The molecule has 1 aromatic carbocycles. The lowest BCUT2D eigenvalue weighted by molar-refractivity contribution is -0.119. The van der Waals surface area contributed by atoms with Crippen LogP contribution in [0.15, 0.2) is 65.1 Å². The van der Waals surface area contributed by atoms with E-state index in [0.717, 1.165) is 15.5 Å². The summed E-state index contributed by atoms with van der Waals surface area (Å²) >= 11 is 8.68. The summed E-state index contributed by atoms with van der Waals surface area (Å²) in [6, 6.07) is 13.3. The Kier molecular flexibility index (Phi) is 6.07. The molecule has 3 rings (SSSR count). The number of thiophene rings is 1. The number of amides is 1. The molecule has 1 N–H and O–H groups in total. The van der Waals surface area contributed by atoms with Gasteiger partial charge in [-0.2, -0.15) is 0 Å². The first kappa shape index (κ1) is 17.9. The summed E-state index contributed by atoms with van der Waals surface area (Å²) in [6.07, 6.45) is 1.55. The van der Waals surface area contributed by atoms with E-state index in [4.69, 9.17) is 11.6 Å². The molecule has 0 bridgehead atoms. The number of carbonyl (C=O) groups is 1. The van der Waals surface area contributed by atoms with E-state index >= 15 is 0 Å². The van der Waals surface area contributed by atoms with E-state index in [1.165, 1.54) is 23.9 Å². The molecule has 1 atom stereocenters. The van der Waals surface area contributed by atoms with Gasteiger partial charge in [-0.25, -0.2) is 9.37 Å². The van der Waals surface area contributed by atoms with Crippen LogP contribution in [0, 0.1) is 5.82 Å². The molecule has 25 heavy (non-hydrogen) atoms. The first-order valence-corrected chi connectivity index (χ1v) is 9.69. The highest BCUT2D eigenvalue weighted by Gasteiger charge is 2.18. The van der Waals surface area contributed by atoms with Crippen LogP contribution in [0.3, 0.4) is 0 Å². The van der Waals surface area contributed by atoms with Gasteiger partial charge in [0.2, 0.25) is 5.91 Å². The second-order valence-electron chi connectivity index (χ2n) is 5.17. The third kappa shape index (κ3) is 5.04. The number of rotatable bonds is 6. The summed E-state index contributed by atoms with van der Waals surface area (Å²) in [5.41, 5.74) is 0.840. The molecule has 0 saturated heterocycles. The van der Waals surface area contributed by atoms with E-state index in [9.17, 15) is 9.18 Å². The zero-order valence-electron chi connectivity index (χ0n) is 13.0. The van der Waals surface area contributed by atoms with Crippen LogP contribution in [-0.4, -0.2) is 16.6 Å². The fourth-order valence-corrected chi connectivity index (χ4v) is 3.79. The van der Waals surface area contributed by atoms with Crippen LogP contribution in [0.2, 0.25) is 5.02 Å². The standard InChI is InChI=1S/C18H14ClFN2OS2/c19-13-5-8-17(21-10-13)25-11-16(23)22-18(15-2-1-9-24-15)12-3-6-14(20)7-4-12/h1-10,18H,11H2,(H,22,23). The lowest BCUT2D eigenvalue weighted by atomic mass is 10.1. The summed E-state index contributed by atoms with van der Waals surface area (Å²) in [5.74, 6) is -0.189. The second-order valence-corrected chi connectivity index (χ2v) is 7.58. The Balaban J connectivity index is 1.68. The van der Waals surface area contributed by atoms with Crippen LogP contribution in [0.4, 0.5) is 4.39 Å². The molecule has 1 amide bonds. The Morgan fingerprint density at radius 2 is 2.04 bits per heavy atom. The number of hydrogen-bond acceptors (Lipinski definition) is 4. The van der Waals surface area contributed by atoms with E-state index in [1.807, 2.05) is 17.5 Å². The van der Waals surface area contributed by atoms with E-state index < -0.39 is 0 Å². The lowest BCUT2D eigenvalue weighted by Crippen LogP contribution is -2.30. The number of aromatic nitrogens is 1. The van der Waals surface area contributed by atoms with Crippen LogP contribution in [0.5, 0.6) is 0 Å². The summed E-state index contributed by atoms with van der Waals surface area (Å²) in [5, 5.41) is 6.25. The molecule has 3 aromatic rings. The largest absolute Gasteiger partial charge is 0.344 e. The monoisotopic (exact) mass is 392 g/mol. The highest BCUT2D eigenvalue weighted by atomic mass is 35.5. The third-order valence-corrected chi connectivity index (χ3v) is 5.49. The summed E-state index contributed by atoms with van der Waals surface area (Å²) in [7, 11) is 0. The van der Waals surface area contributed by atoms with E-state index in [-0.39, 0.29) is 23.5 Å². The maximum Gasteiger partial charge on any atom is 0.231 e. The van der Waals surface area contributed by atoms with Crippen molar-refractivity contribution in [3.05, 3.63) is 81.4 Å². The van der Waals surface area contributed by atoms with Gasteiger partial charge in [-0.15, -0.1) is 11.3 Å². The van der Waals surface area contributed by atoms with Crippen LogP contribution in [0.1, 0.15) is 16.5 Å². The molecule has 2 heterocycles. The molecule has 7 heteroatoms. The molecule has 3 nitrogen and oxygen atoms in total. The van der Waals surface area contributed by atoms with Crippen molar-refractivity contribution in [2.75, 3.05) is 5.75 Å². The Hall–Kier alpha value is -1.89. The molecule has 0 spiro atoms. The van der Waals surface area contributed by atoms with E-state index in [0.29, 0.717) is 5.02 Å². The Labute approximate surface area is 158 Å². The number of pyridine rings is 1. The van der Waals surface area contributed by atoms with Crippen LogP contribution in [-0.2, 0) is 4.79 Å². The zero-order chi connectivity index (χ0) is 17.6. The zero-order valence-corrected chi connectivity index (χ0v) is 15.4. The highest BCUT2D eigenvalue weighted by Crippen LogP contribution is 2.26. The van der Waals surface area contributed by atoms with Crippen LogP contribution < -0.4 is 5.32 Å². The minimum atomic E-state index is -0.302. The van der Waals surface area contributed by atoms with Gasteiger partial charge in [0.05, 0.1) is 21.8 Å². The highest BCUT2D eigenvalue weighted by molar-refractivity contribution is 7.99. The molecule has 0 radical (unpaired) electrons. The topological polar surface area (TPSA) is 42.0 Å². The summed E-state index contributed by atoms with van der Waals surface area (Å²) in [4.78, 5) is 17.5. The maximum absolute atomic E-state index is 13.2.